The first-order valence-electron chi connectivity index (χ1n) is 7.34. The predicted molar refractivity (Wildman–Crippen MR) is 84.9 cm³/mol. The predicted octanol–water partition coefficient (Wildman–Crippen LogP) is 2.75. The summed E-state index contributed by atoms with van der Waals surface area (Å²) in [6.45, 7) is 7.85. The van der Waals surface area contributed by atoms with Gasteiger partial charge in [0.2, 0.25) is 0 Å². The zero-order valence-corrected chi connectivity index (χ0v) is 14.5. The third-order valence-electron chi connectivity index (χ3n) is 4.46. The van der Waals surface area contributed by atoms with Crippen LogP contribution < -0.4 is 0 Å². The second kappa shape index (κ2) is 5.57. The standard InChI is InChI=1S/C16H23NO4S/c1-11(2)16(15(18)21-22(5,19)20)9-8-14(10-16)17-12(3)6-7-13(17)4/h6-9,11,14H,10H2,1-5H3/t14-,16+/m1/s1. The molecule has 0 aromatic carbocycles. The summed E-state index contributed by atoms with van der Waals surface area (Å²) in [6, 6.07) is 4.10. The Morgan fingerprint density at radius 2 is 1.86 bits per heavy atom. The Morgan fingerprint density at radius 3 is 2.32 bits per heavy atom. The van der Waals surface area contributed by atoms with Crippen molar-refractivity contribution >= 4 is 16.1 Å². The summed E-state index contributed by atoms with van der Waals surface area (Å²) in [6.07, 6.45) is 5.20. The highest BCUT2D eigenvalue weighted by Crippen LogP contribution is 2.45. The SMILES string of the molecule is Cc1ccc(C)n1[C@@H]1C=C[C@@](C(=O)OS(C)(=O)=O)(C(C)C)C1. The molecule has 0 bridgehead atoms. The molecule has 0 aliphatic heterocycles. The Balaban J connectivity index is 2.34. The quantitative estimate of drug-likeness (QED) is 0.631. The minimum absolute atomic E-state index is 0.0320. The van der Waals surface area contributed by atoms with Crippen LogP contribution in [-0.4, -0.2) is 25.2 Å². The molecule has 0 amide bonds. The topological polar surface area (TPSA) is 65.4 Å². The third kappa shape index (κ3) is 2.97. The van der Waals surface area contributed by atoms with Gasteiger partial charge in [0.15, 0.2) is 0 Å². The molecule has 6 heteroatoms. The summed E-state index contributed by atoms with van der Waals surface area (Å²) in [4.78, 5) is 12.4. The van der Waals surface area contributed by atoms with Crippen molar-refractivity contribution in [2.75, 3.05) is 6.26 Å². The Morgan fingerprint density at radius 1 is 1.32 bits per heavy atom. The summed E-state index contributed by atoms with van der Waals surface area (Å²) in [5.41, 5.74) is 1.32. The summed E-state index contributed by atoms with van der Waals surface area (Å²) >= 11 is 0. The van der Waals surface area contributed by atoms with E-state index in [1.165, 1.54) is 0 Å². The van der Waals surface area contributed by atoms with Crippen molar-refractivity contribution in [2.24, 2.45) is 11.3 Å². The molecule has 22 heavy (non-hydrogen) atoms. The van der Waals surface area contributed by atoms with Gasteiger partial charge in [-0.15, -0.1) is 0 Å². The minimum Gasteiger partial charge on any atom is -0.345 e. The van der Waals surface area contributed by atoms with Crippen LogP contribution in [0.25, 0.3) is 0 Å². The van der Waals surface area contributed by atoms with E-state index >= 15 is 0 Å². The summed E-state index contributed by atoms with van der Waals surface area (Å²) in [7, 11) is -3.81. The van der Waals surface area contributed by atoms with Crippen LogP contribution in [0.3, 0.4) is 0 Å². The Kier molecular flexibility index (Phi) is 4.26. The smallest absolute Gasteiger partial charge is 0.332 e. The van der Waals surface area contributed by atoms with Gasteiger partial charge in [0.05, 0.1) is 17.7 Å². The monoisotopic (exact) mass is 325 g/mol. The zero-order valence-electron chi connectivity index (χ0n) is 13.7. The lowest BCUT2D eigenvalue weighted by atomic mass is 9.76. The van der Waals surface area contributed by atoms with E-state index in [0.717, 1.165) is 17.6 Å². The summed E-state index contributed by atoms with van der Waals surface area (Å²) in [5.74, 6) is -0.745. The normalized spacial score (nSPS) is 24.9. The number of aromatic nitrogens is 1. The molecule has 2 atom stereocenters. The molecular formula is C16H23NO4S. The van der Waals surface area contributed by atoms with E-state index in [1.807, 2.05) is 52.0 Å². The lowest BCUT2D eigenvalue weighted by Gasteiger charge is -2.30. The molecule has 1 aromatic heterocycles. The first-order chi connectivity index (χ1) is 10.1. The second-order valence-electron chi connectivity index (χ2n) is 6.39. The van der Waals surface area contributed by atoms with Gasteiger partial charge in [0, 0.05) is 11.4 Å². The van der Waals surface area contributed by atoms with Gasteiger partial charge in [-0.25, -0.2) is 4.79 Å². The highest BCUT2D eigenvalue weighted by atomic mass is 32.2. The van der Waals surface area contributed by atoms with Crippen molar-refractivity contribution in [3.05, 3.63) is 35.7 Å². The van der Waals surface area contributed by atoms with Crippen LogP contribution >= 0.6 is 0 Å². The summed E-state index contributed by atoms with van der Waals surface area (Å²) in [5, 5.41) is 0. The van der Waals surface area contributed by atoms with E-state index in [1.54, 1.807) is 0 Å². The fourth-order valence-electron chi connectivity index (χ4n) is 3.18. The molecule has 2 rings (SSSR count). The maximum atomic E-state index is 12.4. The fraction of sp³-hybridized carbons (Fsp3) is 0.562. The van der Waals surface area contributed by atoms with Gasteiger partial charge < -0.3 is 8.75 Å². The van der Waals surface area contributed by atoms with Gasteiger partial charge in [-0.2, -0.15) is 8.42 Å². The van der Waals surface area contributed by atoms with Gasteiger partial charge in [-0.1, -0.05) is 26.0 Å². The van der Waals surface area contributed by atoms with Crippen LogP contribution in [0.2, 0.25) is 0 Å². The van der Waals surface area contributed by atoms with Gasteiger partial charge in [0.25, 0.3) is 0 Å². The van der Waals surface area contributed by atoms with Crippen LogP contribution in [0.1, 0.15) is 37.7 Å². The molecule has 0 N–H and O–H groups in total. The number of nitrogens with zero attached hydrogens (tertiary/aromatic N) is 1. The average molecular weight is 325 g/mol. The van der Waals surface area contributed by atoms with Crippen molar-refractivity contribution < 1.29 is 17.4 Å². The van der Waals surface area contributed by atoms with E-state index in [2.05, 4.69) is 8.75 Å². The van der Waals surface area contributed by atoms with Gasteiger partial charge >= 0.3 is 16.1 Å². The third-order valence-corrected chi connectivity index (χ3v) is 4.91. The highest BCUT2D eigenvalue weighted by molar-refractivity contribution is 7.86. The van der Waals surface area contributed by atoms with Crippen molar-refractivity contribution in [1.29, 1.82) is 0 Å². The number of carbonyl (C=O) groups is 1. The molecule has 0 saturated heterocycles. The molecule has 5 nitrogen and oxygen atoms in total. The van der Waals surface area contributed by atoms with Crippen molar-refractivity contribution in [3.63, 3.8) is 0 Å². The minimum atomic E-state index is -3.81. The second-order valence-corrected chi connectivity index (χ2v) is 7.96. The molecule has 1 aliphatic carbocycles. The van der Waals surface area contributed by atoms with Gasteiger partial charge in [-0.05, 0) is 38.3 Å². The van der Waals surface area contributed by atoms with Crippen molar-refractivity contribution in [3.8, 4) is 0 Å². The average Bonchev–Trinajstić information content (AvgIpc) is 2.92. The first-order valence-corrected chi connectivity index (χ1v) is 9.16. The highest BCUT2D eigenvalue weighted by Gasteiger charge is 2.47. The van der Waals surface area contributed by atoms with Gasteiger partial charge in [-0.3, -0.25) is 0 Å². The number of rotatable bonds is 4. The molecule has 0 radical (unpaired) electrons. The Bertz CT molecular complexity index is 695. The maximum absolute atomic E-state index is 12.4. The molecule has 0 spiro atoms. The van der Waals surface area contributed by atoms with E-state index in [-0.39, 0.29) is 12.0 Å². The van der Waals surface area contributed by atoms with E-state index in [4.69, 9.17) is 0 Å². The molecule has 122 valence electrons. The van der Waals surface area contributed by atoms with E-state index in [9.17, 15) is 13.2 Å². The largest absolute Gasteiger partial charge is 0.345 e. The number of hydrogen-bond donors (Lipinski definition) is 0. The fourth-order valence-corrected chi connectivity index (χ4v) is 3.61. The molecule has 0 fully saturated rings. The van der Waals surface area contributed by atoms with Crippen molar-refractivity contribution in [1.82, 2.24) is 4.57 Å². The Labute approximate surface area is 132 Å². The van der Waals surface area contributed by atoms with Crippen LogP contribution in [-0.2, 0) is 19.1 Å². The molecule has 1 aromatic rings. The van der Waals surface area contributed by atoms with E-state index in [0.29, 0.717) is 6.42 Å². The molecule has 0 saturated carbocycles. The Hall–Kier alpha value is -1.56. The first kappa shape index (κ1) is 16.8. The summed E-state index contributed by atoms with van der Waals surface area (Å²) < 4.78 is 29.5. The van der Waals surface area contributed by atoms with Crippen LogP contribution in [0.15, 0.2) is 24.3 Å². The number of allylic oxidation sites excluding steroid dienone is 1. The van der Waals surface area contributed by atoms with Crippen LogP contribution in [0.5, 0.6) is 0 Å². The van der Waals surface area contributed by atoms with Crippen LogP contribution in [0, 0.1) is 25.2 Å². The van der Waals surface area contributed by atoms with Gasteiger partial charge in [0.1, 0.15) is 0 Å². The van der Waals surface area contributed by atoms with Crippen molar-refractivity contribution in [2.45, 2.75) is 40.2 Å². The molecule has 0 unspecified atom stereocenters. The van der Waals surface area contributed by atoms with E-state index < -0.39 is 21.5 Å². The number of carbonyl (C=O) groups excluding carboxylic acids is 1. The molecule has 1 aliphatic rings. The maximum Gasteiger partial charge on any atom is 0.332 e. The molecule has 1 heterocycles. The zero-order chi connectivity index (χ0) is 16.7. The number of hydrogen-bond acceptors (Lipinski definition) is 4. The number of aryl methyl sites for hydroxylation is 2. The van der Waals surface area contributed by atoms with Crippen LogP contribution in [0.4, 0.5) is 0 Å². The molecular weight excluding hydrogens is 302 g/mol. The lowest BCUT2D eigenvalue weighted by Crippen LogP contribution is -2.36. The lowest BCUT2D eigenvalue weighted by molar-refractivity contribution is -0.145.